The second-order valence-electron chi connectivity index (χ2n) is 7.99. The number of carbonyl (C=O) groups excluding carboxylic acids is 3. The van der Waals surface area contributed by atoms with Gasteiger partial charge in [0, 0.05) is 37.8 Å². The number of piperidine rings is 1. The molecule has 0 radical (unpaired) electrons. The molecule has 2 saturated heterocycles. The van der Waals surface area contributed by atoms with Crippen molar-refractivity contribution in [2.45, 2.75) is 25.7 Å². The van der Waals surface area contributed by atoms with Crippen LogP contribution in [0.1, 0.15) is 36.0 Å². The molecule has 0 saturated carbocycles. The molecule has 31 heavy (non-hydrogen) atoms. The molecule has 3 amide bonds. The van der Waals surface area contributed by atoms with Gasteiger partial charge >= 0.3 is 0 Å². The molecule has 2 heterocycles. The van der Waals surface area contributed by atoms with Crippen LogP contribution in [0.4, 0.5) is 11.4 Å². The first-order valence-electron chi connectivity index (χ1n) is 10.7. The molecule has 2 aromatic rings. The number of carbonyl (C=O) groups is 3. The third kappa shape index (κ3) is 4.55. The Morgan fingerprint density at radius 2 is 1.81 bits per heavy atom. The smallest absolute Gasteiger partial charge is 0.255 e. The standard InChI is InChI=1S/C24H27N3O4/c1-31-19-9-7-8-18(15-19)27-16-17(14-22(27)28)23(29)25-21-11-4-3-10-20(21)24(30)26-12-5-2-6-13-26/h3-4,7-11,15,17H,2,5-6,12-14,16H2,1H3,(H,25,29). The highest BCUT2D eigenvalue weighted by atomic mass is 16.5. The molecule has 1 N–H and O–H groups in total. The summed E-state index contributed by atoms with van der Waals surface area (Å²) >= 11 is 0. The van der Waals surface area contributed by atoms with Crippen LogP contribution in [0.5, 0.6) is 5.75 Å². The van der Waals surface area contributed by atoms with E-state index in [0.717, 1.165) is 32.4 Å². The summed E-state index contributed by atoms with van der Waals surface area (Å²) in [6.07, 6.45) is 3.28. The fourth-order valence-corrected chi connectivity index (χ4v) is 4.19. The Labute approximate surface area is 182 Å². The average Bonchev–Trinajstić information content (AvgIpc) is 3.21. The number of nitrogens with one attached hydrogen (secondary N) is 1. The molecule has 2 aromatic carbocycles. The molecule has 0 aromatic heterocycles. The molecule has 0 spiro atoms. The Kier molecular flexibility index (Phi) is 6.21. The maximum Gasteiger partial charge on any atom is 0.255 e. The Bertz CT molecular complexity index is 984. The highest BCUT2D eigenvalue weighted by molar-refractivity contribution is 6.07. The molecule has 1 unspecified atom stereocenters. The fraction of sp³-hybridized carbons (Fsp3) is 0.375. The molecule has 2 fully saturated rings. The number of ether oxygens (including phenoxy) is 1. The van der Waals surface area contributed by atoms with Crippen LogP contribution in [-0.4, -0.2) is 49.4 Å². The second-order valence-corrected chi connectivity index (χ2v) is 7.99. The highest BCUT2D eigenvalue weighted by Gasteiger charge is 2.35. The number of para-hydroxylation sites is 1. The van der Waals surface area contributed by atoms with Gasteiger partial charge in [0.1, 0.15) is 5.75 Å². The van der Waals surface area contributed by atoms with Crippen molar-refractivity contribution in [1.82, 2.24) is 4.90 Å². The number of hydrogen-bond acceptors (Lipinski definition) is 4. The van der Waals surface area contributed by atoms with Gasteiger partial charge < -0.3 is 19.9 Å². The van der Waals surface area contributed by atoms with Crippen molar-refractivity contribution in [3.63, 3.8) is 0 Å². The lowest BCUT2D eigenvalue weighted by Crippen LogP contribution is -2.36. The van der Waals surface area contributed by atoms with Crippen LogP contribution in [0, 0.1) is 5.92 Å². The largest absolute Gasteiger partial charge is 0.497 e. The predicted molar refractivity (Wildman–Crippen MR) is 118 cm³/mol. The van der Waals surface area contributed by atoms with E-state index < -0.39 is 5.92 Å². The van der Waals surface area contributed by atoms with E-state index in [4.69, 9.17) is 4.74 Å². The van der Waals surface area contributed by atoms with E-state index >= 15 is 0 Å². The topological polar surface area (TPSA) is 79.0 Å². The number of anilines is 2. The minimum absolute atomic E-state index is 0.0592. The number of benzene rings is 2. The van der Waals surface area contributed by atoms with Crippen LogP contribution in [0.25, 0.3) is 0 Å². The van der Waals surface area contributed by atoms with Crippen molar-refractivity contribution in [2.24, 2.45) is 5.92 Å². The summed E-state index contributed by atoms with van der Waals surface area (Å²) in [5.74, 6) is -0.250. The number of nitrogens with zero attached hydrogens (tertiary/aromatic N) is 2. The minimum atomic E-state index is -0.489. The van der Waals surface area contributed by atoms with Gasteiger partial charge in [-0.2, -0.15) is 0 Å². The molecule has 162 valence electrons. The number of methoxy groups -OCH3 is 1. The summed E-state index contributed by atoms with van der Waals surface area (Å²) in [7, 11) is 1.57. The fourth-order valence-electron chi connectivity index (χ4n) is 4.19. The van der Waals surface area contributed by atoms with Gasteiger partial charge in [0.2, 0.25) is 11.8 Å². The van der Waals surface area contributed by atoms with Gasteiger partial charge in [0.05, 0.1) is 24.3 Å². The summed E-state index contributed by atoms with van der Waals surface area (Å²) < 4.78 is 5.24. The Balaban J connectivity index is 1.46. The second kappa shape index (κ2) is 9.20. The monoisotopic (exact) mass is 421 g/mol. The Morgan fingerprint density at radius 1 is 1.03 bits per heavy atom. The number of rotatable bonds is 5. The van der Waals surface area contributed by atoms with E-state index in [0.29, 0.717) is 29.2 Å². The van der Waals surface area contributed by atoms with Crippen molar-refractivity contribution < 1.29 is 19.1 Å². The first-order valence-corrected chi connectivity index (χ1v) is 10.7. The lowest BCUT2D eigenvalue weighted by atomic mass is 10.1. The van der Waals surface area contributed by atoms with Gasteiger partial charge in [-0.25, -0.2) is 0 Å². The number of amides is 3. The summed E-state index contributed by atoms with van der Waals surface area (Å²) in [6, 6.07) is 14.3. The minimum Gasteiger partial charge on any atom is -0.497 e. The number of likely N-dealkylation sites (tertiary alicyclic amines) is 1. The highest BCUT2D eigenvalue weighted by Crippen LogP contribution is 2.29. The van der Waals surface area contributed by atoms with Crippen LogP contribution in [0.15, 0.2) is 48.5 Å². The molecule has 4 rings (SSSR count). The van der Waals surface area contributed by atoms with Crippen molar-refractivity contribution in [2.75, 3.05) is 37.0 Å². The zero-order valence-electron chi connectivity index (χ0n) is 17.7. The van der Waals surface area contributed by atoms with Crippen molar-refractivity contribution in [3.05, 3.63) is 54.1 Å². The molecular formula is C24H27N3O4. The molecular weight excluding hydrogens is 394 g/mol. The molecule has 7 nitrogen and oxygen atoms in total. The van der Waals surface area contributed by atoms with Crippen molar-refractivity contribution >= 4 is 29.1 Å². The van der Waals surface area contributed by atoms with Gasteiger partial charge in [-0.05, 0) is 43.5 Å². The van der Waals surface area contributed by atoms with E-state index in [1.165, 1.54) is 0 Å². The van der Waals surface area contributed by atoms with E-state index in [1.807, 2.05) is 23.1 Å². The third-order valence-electron chi connectivity index (χ3n) is 5.92. The van der Waals surface area contributed by atoms with Crippen LogP contribution in [0.2, 0.25) is 0 Å². The van der Waals surface area contributed by atoms with Crippen LogP contribution < -0.4 is 15.0 Å². The van der Waals surface area contributed by atoms with Crippen LogP contribution in [-0.2, 0) is 9.59 Å². The van der Waals surface area contributed by atoms with Crippen LogP contribution >= 0.6 is 0 Å². The third-order valence-corrected chi connectivity index (χ3v) is 5.92. The van der Waals surface area contributed by atoms with Gasteiger partial charge in [-0.1, -0.05) is 18.2 Å². The van der Waals surface area contributed by atoms with E-state index in [-0.39, 0.29) is 24.1 Å². The molecule has 0 aliphatic carbocycles. The summed E-state index contributed by atoms with van der Waals surface area (Å²) in [4.78, 5) is 42.0. The zero-order chi connectivity index (χ0) is 21.8. The van der Waals surface area contributed by atoms with Gasteiger partial charge in [0.25, 0.3) is 5.91 Å². The average molecular weight is 421 g/mol. The maximum absolute atomic E-state index is 13.0. The summed E-state index contributed by atoms with van der Waals surface area (Å²) in [5.41, 5.74) is 1.70. The quantitative estimate of drug-likeness (QED) is 0.803. The molecule has 2 aliphatic rings. The molecule has 1 atom stereocenters. The Morgan fingerprint density at radius 3 is 2.58 bits per heavy atom. The van der Waals surface area contributed by atoms with E-state index in [2.05, 4.69) is 5.32 Å². The molecule has 0 bridgehead atoms. The summed E-state index contributed by atoms with van der Waals surface area (Å²) in [6.45, 7) is 1.78. The van der Waals surface area contributed by atoms with Crippen LogP contribution in [0.3, 0.4) is 0 Å². The first-order chi connectivity index (χ1) is 15.1. The van der Waals surface area contributed by atoms with E-state index in [1.54, 1.807) is 42.3 Å². The summed E-state index contributed by atoms with van der Waals surface area (Å²) in [5, 5.41) is 2.90. The normalized spacial score (nSPS) is 18.7. The van der Waals surface area contributed by atoms with Crippen molar-refractivity contribution in [3.8, 4) is 5.75 Å². The first kappa shape index (κ1) is 20.9. The maximum atomic E-state index is 13.0. The predicted octanol–water partition coefficient (Wildman–Crippen LogP) is 3.31. The lowest BCUT2D eigenvalue weighted by Gasteiger charge is -2.27. The molecule has 2 aliphatic heterocycles. The lowest BCUT2D eigenvalue weighted by molar-refractivity contribution is -0.122. The van der Waals surface area contributed by atoms with Gasteiger partial charge in [0.15, 0.2) is 0 Å². The zero-order valence-corrected chi connectivity index (χ0v) is 17.7. The van der Waals surface area contributed by atoms with E-state index in [9.17, 15) is 14.4 Å². The SMILES string of the molecule is COc1cccc(N2CC(C(=O)Nc3ccccc3C(=O)N3CCCCC3)CC2=O)c1. The van der Waals surface area contributed by atoms with Gasteiger partial charge in [-0.15, -0.1) is 0 Å². The number of hydrogen-bond donors (Lipinski definition) is 1. The van der Waals surface area contributed by atoms with Crippen molar-refractivity contribution in [1.29, 1.82) is 0 Å². The Hall–Kier alpha value is -3.35. The van der Waals surface area contributed by atoms with Gasteiger partial charge in [-0.3, -0.25) is 14.4 Å². The molecule has 7 heteroatoms.